The lowest BCUT2D eigenvalue weighted by Crippen LogP contribution is -2.39. The van der Waals surface area contributed by atoms with E-state index in [-0.39, 0.29) is 17.7 Å². The molecule has 1 atom stereocenters. The van der Waals surface area contributed by atoms with Crippen molar-refractivity contribution in [2.24, 2.45) is 4.99 Å². The van der Waals surface area contributed by atoms with E-state index in [9.17, 15) is 14.4 Å². The number of esters is 1. The van der Waals surface area contributed by atoms with Crippen molar-refractivity contribution in [2.75, 3.05) is 19.8 Å². The Morgan fingerprint density at radius 2 is 1.92 bits per heavy atom. The Kier molecular flexibility index (Phi) is 8.22. The fraction of sp³-hybridized carbons (Fsp3) is 0.214. The molecule has 0 radical (unpaired) electrons. The second-order valence-electron chi connectivity index (χ2n) is 8.23. The zero-order valence-electron chi connectivity index (χ0n) is 20.9. The second kappa shape index (κ2) is 11.7. The summed E-state index contributed by atoms with van der Waals surface area (Å²) in [5.74, 6) is -0.629. The smallest absolute Gasteiger partial charge is 0.341 e. The largest absolute Gasteiger partial charge is 0.490 e. The summed E-state index contributed by atoms with van der Waals surface area (Å²) < 4.78 is 18.1. The van der Waals surface area contributed by atoms with Gasteiger partial charge in [-0.2, -0.15) is 0 Å². The Balaban J connectivity index is 1.82. The molecule has 4 rings (SSSR count). The molecule has 0 bridgehead atoms. The van der Waals surface area contributed by atoms with Gasteiger partial charge in [-0.3, -0.25) is 9.36 Å². The molecule has 38 heavy (non-hydrogen) atoms. The third-order valence-electron chi connectivity index (χ3n) is 5.60. The first-order valence-electron chi connectivity index (χ1n) is 11.8. The van der Waals surface area contributed by atoms with Crippen LogP contribution < -0.4 is 24.4 Å². The van der Waals surface area contributed by atoms with Gasteiger partial charge in [-0.05, 0) is 55.3 Å². The second-order valence-corrected chi connectivity index (χ2v) is 9.23. The van der Waals surface area contributed by atoms with Crippen molar-refractivity contribution in [3.63, 3.8) is 0 Å². The number of fused-ring (bicyclic) bond motifs is 1. The van der Waals surface area contributed by atoms with Crippen LogP contribution in [-0.2, 0) is 14.3 Å². The normalized spacial score (nSPS) is 14.9. The number of carbonyl (C=O) groups is 2. The average molecular weight is 535 g/mol. The number of rotatable bonds is 10. The maximum atomic E-state index is 13.7. The van der Waals surface area contributed by atoms with E-state index in [0.717, 1.165) is 0 Å². The Hall–Kier alpha value is -4.44. The fourth-order valence-corrected chi connectivity index (χ4v) is 5.05. The number of allylic oxidation sites excluding steroid dienone is 1. The SMILES string of the molecule is C=CCOc1ccc([C@H]2C(C(=O)OCC)=C(C)N=c3s/c(=C\c4cccc(OCC(=O)O)c4)c(=O)n32)cc1. The van der Waals surface area contributed by atoms with Crippen molar-refractivity contribution in [3.05, 3.63) is 103 Å². The van der Waals surface area contributed by atoms with E-state index in [2.05, 4.69) is 11.6 Å². The van der Waals surface area contributed by atoms with Crippen LogP contribution in [-0.4, -0.2) is 41.4 Å². The van der Waals surface area contributed by atoms with Crippen molar-refractivity contribution >= 4 is 29.4 Å². The van der Waals surface area contributed by atoms with Crippen LogP contribution >= 0.6 is 11.3 Å². The number of hydrogen-bond donors (Lipinski definition) is 1. The van der Waals surface area contributed by atoms with Gasteiger partial charge in [0.25, 0.3) is 5.56 Å². The minimum absolute atomic E-state index is 0.182. The number of carboxylic acids is 1. The van der Waals surface area contributed by atoms with Crippen LogP contribution in [0.1, 0.15) is 31.0 Å². The van der Waals surface area contributed by atoms with Gasteiger partial charge in [0.2, 0.25) is 0 Å². The van der Waals surface area contributed by atoms with E-state index >= 15 is 0 Å². The van der Waals surface area contributed by atoms with Crippen molar-refractivity contribution in [3.8, 4) is 11.5 Å². The van der Waals surface area contributed by atoms with Crippen LogP contribution in [0.15, 0.2) is 82.2 Å². The van der Waals surface area contributed by atoms with Crippen molar-refractivity contribution in [2.45, 2.75) is 19.9 Å². The minimum Gasteiger partial charge on any atom is -0.490 e. The molecule has 0 unspecified atom stereocenters. The maximum Gasteiger partial charge on any atom is 0.341 e. The highest BCUT2D eigenvalue weighted by Crippen LogP contribution is 2.31. The zero-order chi connectivity index (χ0) is 27.2. The summed E-state index contributed by atoms with van der Waals surface area (Å²) in [6.07, 6.45) is 3.33. The maximum absolute atomic E-state index is 13.7. The van der Waals surface area contributed by atoms with Gasteiger partial charge in [0.05, 0.1) is 28.5 Å². The lowest BCUT2D eigenvalue weighted by Gasteiger charge is -2.24. The number of hydrogen-bond acceptors (Lipinski definition) is 8. The number of carbonyl (C=O) groups excluding carboxylic acids is 1. The molecule has 0 saturated carbocycles. The monoisotopic (exact) mass is 534 g/mol. The molecule has 0 aliphatic carbocycles. The summed E-state index contributed by atoms with van der Waals surface area (Å²) in [6, 6.07) is 13.2. The first-order chi connectivity index (χ1) is 18.3. The molecule has 3 aromatic rings. The summed E-state index contributed by atoms with van der Waals surface area (Å²) >= 11 is 1.20. The molecule has 2 aromatic carbocycles. The van der Waals surface area contributed by atoms with Gasteiger partial charge in [-0.25, -0.2) is 14.6 Å². The molecule has 1 N–H and O–H groups in total. The van der Waals surface area contributed by atoms with Crippen LogP contribution in [0.2, 0.25) is 0 Å². The van der Waals surface area contributed by atoms with E-state index in [1.165, 1.54) is 15.9 Å². The number of aromatic nitrogens is 1. The van der Waals surface area contributed by atoms with Gasteiger partial charge in [-0.1, -0.05) is 48.3 Å². The fourth-order valence-electron chi connectivity index (χ4n) is 4.00. The highest BCUT2D eigenvalue weighted by atomic mass is 32.1. The lowest BCUT2D eigenvalue weighted by atomic mass is 9.96. The third-order valence-corrected chi connectivity index (χ3v) is 6.58. The number of thiazole rings is 1. The highest BCUT2D eigenvalue weighted by Gasteiger charge is 2.33. The zero-order valence-corrected chi connectivity index (χ0v) is 21.7. The molecule has 10 heteroatoms. The van der Waals surface area contributed by atoms with Crippen LogP contribution in [0.5, 0.6) is 11.5 Å². The molecule has 0 fully saturated rings. The molecule has 196 valence electrons. The van der Waals surface area contributed by atoms with Crippen LogP contribution in [0.25, 0.3) is 6.08 Å². The van der Waals surface area contributed by atoms with Crippen LogP contribution in [0.4, 0.5) is 0 Å². The highest BCUT2D eigenvalue weighted by molar-refractivity contribution is 7.07. The van der Waals surface area contributed by atoms with Gasteiger partial charge in [0, 0.05) is 0 Å². The first kappa shape index (κ1) is 26.6. The van der Waals surface area contributed by atoms with Crippen molar-refractivity contribution in [1.29, 1.82) is 0 Å². The Labute approximate surface area is 222 Å². The Morgan fingerprint density at radius 3 is 2.61 bits per heavy atom. The van der Waals surface area contributed by atoms with E-state index in [0.29, 0.717) is 44.3 Å². The van der Waals surface area contributed by atoms with E-state index < -0.39 is 24.6 Å². The Bertz CT molecular complexity index is 1580. The summed E-state index contributed by atoms with van der Waals surface area (Å²) in [7, 11) is 0. The van der Waals surface area contributed by atoms with Crippen molar-refractivity contribution in [1.82, 2.24) is 4.57 Å². The number of ether oxygens (including phenoxy) is 3. The number of benzene rings is 2. The van der Waals surface area contributed by atoms with E-state index in [1.54, 1.807) is 74.5 Å². The molecule has 0 saturated heterocycles. The number of aliphatic carboxylic acids is 1. The minimum atomic E-state index is -1.09. The predicted molar refractivity (Wildman–Crippen MR) is 142 cm³/mol. The molecular weight excluding hydrogens is 508 g/mol. The van der Waals surface area contributed by atoms with Crippen LogP contribution in [0, 0.1) is 0 Å². The third kappa shape index (κ3) is 5.76. The summed E-state index contributed by atoms with van der Waals surface area (Å²) in [5.41, 5.74) is 1.79. The first-order valence-corrected chi connectivity index (χ1v) is 12.6. The summed E-state index contributed by atoms with van der Waals surface area (Å²) in [6.45, 7) is 7.15. The molecule has 0 amide bonds. The van der Waals surface area contributed by atoms with Gasteiger partial charge in [0.15, 0.2) is 11.4 Å². The van der Waals surface area contributed by atoms with Gasteiger partial charge < -0.3 is 19.3 Å². The number of carboxylic acid groups (broad SMARTS) is 1. The predicted octanol–water partition coefficient (Wildman–Crippen LogP) is 2.83. The molecule has 1 aliphatic heterocycles. The molecule has 9 nitrogen and oxygen atoms in total. The Morgan fingerprint density at radius 1 is 1.16 bits per heavy atom. The summed E-state index contributed by atoms with van der Waals surface area (Å²) in [5, 5.41) is 8.86. The molecule has 0 spiro atoms. The van der Waals surface area contributed by atoms with E-state index in [4.69, 9.17) is 19.3 Å². The standard InChI is InChI=1S/C28H26N2O7S/c1-4-13-36-20-11-9-19(10-12-20)25-24(27(34)35-5-2)17(3)29-28-30(25)26(33)22(38-28)15-18-7-6-8-21(14-18)37-16-23(31)32/h4,6-12,14-15,25H,1,5,13,16H2,2-3H3,(H,31,32)/b22-15-/t25-/m0/s1. The van der Waals surface area contributed by atoms with Crippen LogP contribution in [0.3, 0.4) is 0 Å². The van der Waals surface area contributed by atoms with Gasteiger partial charge in [0.1, 0.15) is 18.1 Å². The van der Waals surface area contributed by atoms with Gasteiger partial charge in [-0.15, -0.1) is 0 Å². The summed E-state index contributed by atoms with van der Waals surface area (Å²) in [4.78, 5) is 42.6. The van der Waals surface area contributed by atoms with E-state index in [1.807, 2.05) is 0 Å². The molecule has 2 heterocycles. The topological polar surface area (TPSA) is 116 Å². The quantitative estimate of drug-likeness (QED) is 0.314. The molecule has 1 aliphatic rings. The lowest BCUT2D eigenvalue weighted by molar-refractivity contribution is -0.140. The van der Waals surface area contributed by atoms with Gasteiger partial charge >= 0.3 is 11.9 Å². The molecular formula is C28H26N2O7S. The molecule has 1 aromatic heterocycles. The number of nitrogens with zero attached hydrogens (tertiary/aromatic N) is 2. The average Bonchev–Trinajstić information content (AvgIpc) is 3.20. The van der Waals surface area contributed by atoms with Crippen molar-refractivity contribution < 1.29 is 28.9 Å².